The summed E-state index contributed by atoms with van der Waals surface area (Å²) in [6.07, 6.45) is 1.56. The van der Waals surface area contributed by atoms with Crippen LogP contribution in [0.1, 0.15) is 19.8 Å². The molecule has 2 saturated heterocycles. The van der Waals surface area contributed by atoms with Crippen LogP contribution in [0.2, 0.25) is 0 Å². The minimum absolute atomic E-state index is 0.127. The summed E-state index contributed by atoms with van der Waals surface area (Å²) in [5.74, 6) is 1.37. The minimum atomic E-state index is -0.359. The fourth-order valence-corrected chi connectivity index (χ4v) is 3.12. The van der Waals surface area contributed by atoms with Crippen LogP contribution in [0.3, 0.4) is 0 Å². The lowest BCUT2D eigenvalue weighted by atomic mass is 9.85. The average molecular weight is 237 g/mol. The summed E-state index contributed by atoms with van der Waals surface area (Å²) in [4.78, 5) is 19.5. The highest BCUT2D eigenvalue weighted by Crippen LogP contribution is 2.26. The molecular weight excluding hydrogens is 218 g/mol. The van der Waals surface area contributed by atoms with Gasteiger partial charge in [0.15, 0.2) is 0 Å². The molecule has 3 unspecified atom stereocenters. The van der Waals surface area contributed by atoms with Crippen molar-refractivity contribution in [2.45, 2.75) is 25.9 Å². The number of rotatable bonds is 1. The van der Waals surface area contributed by atoms with Crippen LogP contribution < -0.4 is 5.32 Å². The van der Waals surface area contributed by atoms with Gasteiger partial charge in [-0.15, -0.1) is 0 Å². The summed E-state index contributed by atoms with van der Waals surface area (Å²) in [5, 5.41) is 7.29. The molecule has 17 heavy (non-hydrogen) atoms. The molecule has 1 amide bonds. The van der Waals surface area contributed by atoms with E-state index in [4.69, 9.17) is 4.84 Å². The number of hydrogen-bond donors (Lipinski definition) is 1. The van der Waals surface area contributed by atoms with E-state index in [-0.39, 0.29) is 12.0 Å². The second-order valence-electron chi connectivity index (χ2n) is 5.49. The van der Waals surface area contributed by atoms with Crippen molar-refractivity contribution in [1.29, 1.82) is 0 Å². The van der Waals surface area contributed by atoms with Gasteiger partial charge in [0.25, 0.3) is 5.91 Å². The Bertz CT molecular complexity index is 344. The number of likely N-dealkylation sites (tertiary alicyclic amines) is 1. The fourth-order valence-electron chi connectivity index (χ4n) is 3.12. The summed E-state index contributed by atoms with van der Waals surface area (Å²) >= 11 is 0. The Balaban J connectivity index is 1.62. The molecule has 0 aliphatic carbocycles. The van der Waals surface area contributed by atoms with E-state index in [0.717, 1.165) is 31.9 Å². The standard InChI is InChI=1S/C12H19N3O2/c1-8-2-11(17-14-8)12(16)15-6-9-3-10(7-15)5-13-4-9/h9-11,13H,2-7H2,1H3. The molecule has 5 heteroatoms. The predicted molar refractivity (Wildman–Crippen MR) is 63.6 cm³/mol. The van der Waals surface area contributed by atoms with E-state index in [9.17, 15) is 4.79 Å². The Kier molecular flexibility index (Phi) is 2.78. The zero-order chi connectivity index (χ0) is 11.8. The normalized spacial score (nSPS) is 36.4. The highest BCUT2D eigenvalue weighted by atomic mass is 16.6. The minimum Gasteiger partial charge on any atom is -0.382 e. The Labute approximate surface area is 101 Å². The quantitative estimate of drug-likeness (QED) is 0.710. The van der Waals surface area contributed by atoms with Gasteiger partial charge in [0.2, 0.25) is 6.10 Å². The molecule has 2 fully saturated rings. The third kappa shape index (κ3) is 2.16. The molecule has 0 radical (unpaired) electrons. The first-order valence-corrected chi connectivity index (χ1v) is 6.41. The van der Waals surface area contributed by atoms with Crippen LogP contribution in [0.5, 0.6) is 0 Å². The van der Waals surface area contributed by atoms with E-state index in [0.29, 0.717) is 18.3 Å². The monoisotopic (exact) mass is 237 g/mol. The van der Waals surface area contributed by atoms with Gasteiger partial charge in [-0.05, 0) is 38.3 Å². The SMILES string of the molecule is CC1=NOC(C(=O)N2CC3CNCC(C3)C2)C1. The number of hydrogen-bond acceptors (Lipinski definition) is 4. The Morgan fingerprint density at radius 3 is 2.71 bits per heavy atom. The van der Waals surface area contributed by atoms with Crippen molar-refractivity contribution >= 4 is 11.6 Å². The van der Waals surface area contributed by atoms with Gasteiger partial charge in [0.05, 0.1) is 5.71 Å². The van der Waals surface area contributed by atoms with E-state index >= 15 is 0 Å². The molecule has 5 nitrogen and oxygen atoms in total. The van der Waals surface area contributed by atoms with Gasteiger partial charge in [-0.3, -0.25) is 4.79 Å². The van der Waals surface area contributed by atoms with Crippen molar-refractivity contribution in [1.82, 2.24) is 10.2 Å². The molecule has 3 aliphatic heterocycles. The molecule has 3 atom stereocenters. The van der Waals surface area contributed by atoms with Gasteiger partial charge < -0.3 is 15.1 Å². The van der Waals surface area contributed by atoms with Crippen molar-refractivity contribution in [2.24, 2.45) is 17.0 Å². The second kappa shape index (κ2) is 4.29. The van der Waals surface area contributed by atoms with Gasteiger partial charge >= 0.3 is 0 Å². The first-order chi connectivity index (χ1) is 8.22. The van der Waals surface area contributed by atoms with Gasteiger partial charge in [0.1, 0.15) is 0 Å². The molecule has 0 aromatic carbocycles. The molecule has 0 spiro atoms. The van der Waals surface area contributed by atoms with E-state index in [1.807, 2.05) is 11.8 Å². The maximum Gasteiger partial charge on any atom is 0.266 e. The van der Waals surface area contributed by atoms with Gasteiger partial charge in [0, 0.05) is 19.5 Å². The van der Waals surface area contributed by atoms with Crippen molar-refractivity contribution < 1.29 is 9.63 Å². The zero-order valence-electron chi connectivity index (χ0n) is 10.2. The maximum atomic E-state index is 12.3. The van der Waals surface area contributed by atoms with Crippen molar-refractivity contribution in [3.63, 3.8) is 0 Å². The first-order valence-electron chi connectivity index (χ1n) is 6.41. The van der Waals surface area contributed by atoms with Gasteiger partial charge in [-0.1, -0.05) is 5.16 Å². The fraction of sp³-hybridized carbons (Fsp3) is 0.833. The molecule has 94 valence electrons. The Hall–Kier alpha value is -1.10. The van der Waals surface area contributed by atoms with Crippen molar-refractivity contribution in [2.75, 3.05) is 26.2 Å². The lowest BCUT2D eigenvalue weighted by Crippen LogP contribution is -2.54. The molecule has 0 aromatic rings. The van der Waals surface area contributed by atoms with Crippen LogP contribution in [-0.2, 0) is 9.63 Å². The number of nitrogens with one attached hydrogen (secondary N) is 1. The number of fused-ring (bicyclic) bond motifs is 2. The molecule has 3 rings (SSSR count). The summed E-state index contributed by atoms with van der Waals surface area (Å²) < 4.78 is 0. The summed E-state index contributed by atoms with van der Waals surface area (Å²) in [7, 11) is 0. The number of carbonyl (C=O) groups is 1. The van der Waals surface area contributed by atoms with Crippen LogP contribution >= 0.6 is 0 Å². The Morgan fingerprint density at radius 1 is 1.41 bits per heavy atom. The number of piperidine rings is 2. The lowest BCUT2D eigenvalue weighted by molar-refractivity contribution is -0.145. The van der Waals surface area contributed by atoms with Crippen LogP contribution in [0.4, 0.5) is 0 Å². The summed E-state index contributed by atoms with van der Waals surface area (Å²) in [5.41, 5.74) is 0.919. The molecule has 1 N–H and O–H groups in total. The van der Waals surface area contributed by atoms with Crippen LogP contribution in [-0.4, -0.2) is 48.8 Å². The molecule has 2 bridgehead atoms. The van der Waals surface area contributed by atoms with E-state index in [1.165, 1.54) is 6.42 Å². The van der Waals surface area contributed by atoms with Crippen molar-refractivity contribution in [3.8, 4) is 0 Å². The first kappa shape index (κ1) is 11.0. The number of oxime groups is 1. The largest absolute Gasteiger partial charge is 0.382 e. The van der Waals surface area contributed by atoms with E-state index in [1.54, 1.807) is 0 Å². The molecular formula is C12H19N3O2. The summed E-state index contributed by atoms with van der Waals surface area (Å²) in [6, 6.07) is 0. The highest BCUT2D eigenvalue weighted by Gasteiger charge is 2.37. The third-order valence-electron chi connectivity index (χ3n) is 3.89. The Morgan fingerprint density at radius 2 is 2.12 bits per heavy atom. The smallest absolute Gasteiger partial charge is 0.266 e. The van der Waals surface area contributed by atoms with Crippen molar-refractivity contribution in [3.05, 3.63) is 0 Å². The number of nitrogens with zero attached hydrogens (tertiary/aromatic N) is 2. The number of carbonyl (C=O) groups excluding carboxylic acids is 1. The van der Waals surface area contributed by atoms with Crippen LogP contribution in [0.25, 0.3) is 0 Å². The average Bonchev–Trinajstić information content (AvgIpc) is 2.74. The molecule has 0 saturated carbocycles. The second-order valence-corrected chi connectivity index (χ2v) is 5.49. The summed E-state index contributed by atoms with van der Waals surface area (Å²) in [6.45, 7) is 5.74. The van der Waals surface area contributed by atoms with E-state index < -0.39 is 0 Å². The molecule has 3 heterocycles. The lowest BCUT2D eigenvalue weighted by Gasteiger charge is -2.42. The highest BCUT2D eigenvalue weighted by molar-refractivity contribution is 5.91. The van der Waals surface area contributed by atoms with Gasteiger partial charge in [-0.2, -0.15) is 0 Å². The number of amides is 1. The maximum absolute atomic E-state index is 12.3. The topological polar surface area (TPSA) is 53.9 Å². The van der Waals surface area contributed by atoms with E-state index in [2.05, 4.69) is 10.5 Å². The molecule has 3 aliphatic rings. The predicted octanol–water partition coefficient (Wildman–Crippen LogP) is 0.219. The van der Waals surface area contributed by atoms with Crippen LogP contribution in [0.15, 0.2) is 5.16 Å². The zero-order valence-corrected chi connectivity index (χ0v) is 10.2. The third-order valence-corrected chi connectivity index (χ3v) is 3.89. The molecule has 0 aromatic heterocycles. The van der Waals surface area contributed by atoms with Crippen LogP contribution in [0, 0.1) is 11.8 Å². The van der Waals surface area contributed by atoms with Gasteiger partial charge in [-0.25, -0.2) is 0 Å².